The summed E-state index contributed by atoms with van der Waals surface area (Å²) in [5, 5.41) is 0. The predicted molar refractivity (Wildman–Crippen MR) is 48.3 cm³/mol. The Bertz CT molecular complexity index is 173. The van der Waals surface area contributed by atoms with E-state index in [0.717, 1.165) is 29.1 Å². The van der Waals surface area contributed by atoms with Gasteiger partial charge in [0.05, 0.1) is 0 Å². The third-order valence-corrected chi connectivity index (χ3v) is 4.75. The SMILES string of the molecule is CCC1C(C)C2(C)CC(C)C12. The van der Waals surface area contributed by atoms with Crippen LogP contribution in [-0.4, -0.2) is 0 Å². The van der Waals surface area contributed by atoms with Gasteiger partial charge in [0, 0.05) is 0 Å². The third-order valence-electron chi connectivity index (χ3n) is 4.75. The van der Waals surface area contributed by atoms with Crippen LogP contribution >= 0.6 is 0 Å². The molecule has 2 aliphatic carbocycles. The molecular weight excluding hydrogens is 132 g/mol. The molecular formula is C11H20. The third kappa shape index (κ3) is 0.666. The van der Waals surface area contributed by atoms with Crippen molar-refractivity contribution in [3.63, 3.8) is 0 Å². The topological polar surface area (TPSA) is 0 Å². The van der Waals surface area contributed by atoms with Crippen molar-refractivity contribution in [3.05, 3.63) is 0 Å². The van der Waals surface area contributed by atoms with Crippen LogP contribution in [0.25, 0.3) is 0 Å². The van der Waals surface area contributed by atoms with Crippen molar-refractivity contribution in [1.29, 1.82) is 0 Å². The molecule has 0 aromatic rings. The van der Waals surface area contributed by atoms with Gasteiger partial charge in [0.2, 0.25) is 0 Å². The highest BCUT2D eigenvalue weighted by atomic mass is 14.7. The molecule has 5 atom stereocenters. The maximum atomic E-state index is 2.49. The summed E-state index contributed by atoms with van der Waals surface area (Å²) in [4.78, 5) is 0. The summed E-state index contributed by atoms with van der Waals surface area (Å²) < 4.78 is 0. The minimum Gasteiger partial charge on any atom is -0.0651 e. The quantitative estimate of drug-likeness (QED) is 0.540. The Morgan fingerprint density at radius 3 is 2.36 bits per heavy atom. The number of rotatable bonds is 1. The van der Waals surface area contributed by atoms with Gasteiger partial charge in [-0.1, -0.05) is 34.1 Å². The number of fused-ring (bicyclic) bond motifs is 1. The summed E-state index contributed by atoms with van der Waals surface area (Å²) in [5.41, 5.74) is 0.764. The summed E-state index contributed by atoms with van der Waals surface area (Å²) in [6.07, 6.45) is 2.90. The van der Waals surface area contributed by atoms with Gasteiger partial charge >= 0.3 is 0 Å². The van der Waals surface area contributed by atoms with Crippen LogP contribution < -0.4 is 0 Å². The molecule has 2 fully saturated rings. The van der Waals surface area contributed by atoms with Crippen LogP contribution in [0, 0.1) is 29.1 Å². The fourth-order valence-corrected chi connectivity index (χ4v) is 4.14. The predicted octanol–water partition coefficient (Wildman–Crippen LogP) is 3.32. The molecule has 0 heteroatoms. The smallest absolute Gasteiger partial charge is 0.0261 e. The second-order valence-corrected chi connectivity index (χ2v) is 5.07. The van der Waals surface area contributed by atoms with E-state index in [0.29, 0.717) is 0 Å². The molecule has 0 amide bonds. The van der Waals surface area contributed by atoms with Crippen molar-refractivity contribution < 1.29 is 0 Å². The Labute approximate surface area is 70.4 Å². The molecule has 0 heterocycles. The average molecular weight is 152 g/mol. The molecule has 11 heavy (non-hydrogen) atoms. The van der Waals surface area contributed by atoms with Crippen molar-refractivity contribution in [2.24, 2.45) is 29.1 Å². The van der Waals surface area contributed by atoms with Gasteiger partial charge in [-0.2, -0.15) is 0 Å². The van der Waals surface area contributed by atoms with Crippen LogP contribution in [0.2, 0.25) is 0 Å². The van der Waals surface area contributed by atoms with E-state index in [4.69, 9.17) is 0 Å². The van der Waals surface area contributed by atoms with Crippen LogP contribution in [0.5, 0.6) is 0 Å². The summed E-state index contributed by atoms with van der Waals surface area (Å²) in [6.45, 7) is 9.73. The lowest BCUT2D eigenvalue weighted by atomic mass is 9.35. The molecule has 0 bridgehead atoms. The lowest BCUT2D eigenvalue weighted by Crippen LogP contribution is -2.64. The first-order chi connectivity index (χ1) is 5.11. The minimum absolute atomic E-state index is 0.764. The molecule has 0 aromatic carbocycles. The lowest BCUT2D eigenvalue weighted by Gasteiger charge is -2.70. The molecule has 0 aromatic heterocycles. The van der Waals surface area contributed by atoms with Crippen LogP contribution in [0.4, 0.5) is 0 Å². The Morgan fingerprint density at radius 2 is 2.00 bits per heavy atom. The standard InChI is InChI=1S/C11H20/c1-5-9-8(3)11(4)6-7(2)10(9)11/h7-10H,5-6H2,1-4H3. The maximum Gasteiger partial charge on any atom is -0.0261 e. The first kappa shape index (κ1) is 7.64. The molecule has 0 nitrogen and oxygen atoms in total. The molecule has 0 saturated heterocycles. The normalized spacial score (nSPS) is 61.1. The minimum atomic E-state index is 0.764. The second-order valence-electron chi connectivity index (χ2n) is 5.07. The van der Waals surface area contributed by atoms with Crippen molar-refractivity contribution >= 4 is 0 Å². The highest BCUT2D eigenvalue weighted by molar-refractivity contribution is 5.12. The zero-order valence-electron chi connectivity index (χ0n) is 8.22. The van der Waals surface area contributed by atoms with Gasteiger partial charge in [-0.15, -0.1) is 0 Å². The summed E-state index contributed by atoms with van der Waals surface area (Å²) in [5.74, 6) is 4.18. The fraction of sp³-hybridized carbons (Fsp3) is 1.00. The van der Waals surface area contributed by atoms with Gasteiger partial charge in [-0.25, -0.2) is 0 Å². The Morgan fingerprint density at radius 1 is 1.36 bits per heavy atom. The fourth-order valence-electron chi connectivity index (χ4n) is 4.14. The molecule has 0 aliphatic heterocycles. The Hall–Kier alpha value is 0. The molecule has 5 unspecified atom stereocenters. The first-order valence-electron chi connectivity index (χ1n) is 5.11. The van der Waals surface area contributed by atoms with Crippen molar-refractivity contribution in [3.8, 4) is 0 Å². The summed E-state index contributed by atoms with van der Waals surface area (Å²) >= 11 is 0. The van der Waals surface area contributed by atoms with Crippen molar-refractivity contribution in [2.75, 3.05) is 0 Å². The van der Waals surface area contributed by atoms with E-state index in [1.807, 2.05) is 0 Å². The van der Waals surface area contributed by atoms with Gasteiger partial charge < -0.3 is 0 Å². The summed E-state index contributed by atoms with van der Waals surface area (Å²) in [6, 6.07) is 0. The largest absolute Gasteiger partial charge is 0.0651 e. The molecule has 64 valence electrons. The van der Waals surface area contributed by atoms with Gasteiger partial charge in [-0.3, -0.25) is 0 Å². The first-order valence-corrected chi connectivity index (χ1v) is 5.11. The Kier molecular flexibility index (Phi) is 1.41. The summed E-state index contributed by atoms with van der Waals surface area (Å²) in [7, 11) is 0. The zero-order valence-corrected chi connectivity index (χ0v) is 8.22. The van der Waals surface area contributed by atoms with Crippen LogP contribution in [0.1, 0.15) is 40.5 Å². The second kappa shape index (κ2) is 2.02. The average Bonchev–Trinajstić information content (AvgIpc) is 1.98. The molecule has 2 aliphatic rings. The zero-order chi connectivity index (χ0) is 8.22. The van der Waals surface area contributed by atoms with Gasteiger partial charge in [0.25, 0.3) is 0 Å². The highest BCUT2D eigenvalue weighted by Gasteiger charge is 2.64. The molecule has 0 spiro atoms. The highest BCUT2D eigenvalue weighted by Crippen LogP contribution is 2.70. The Balaban J connectivity index is 2.10. The maximum absolute atomic E-state index is 2.49. The van der Waals surface area contributed by atoms with Crippen LogP contribution in [0.15, 0.2) is 0 Å². The van der Waals surface area contributed by atoms with Crippen LogP contribution in [-0.2, 0) is 0 Å². The van der Waals surface area contributed by atoms with E-state index in [1.54, 1.807) is 0 Å². The van der Waals surface area contributed by atoms with E-state index in [-0.39, 0.29) is 0 Å². The number of hydrogen-bond acceptors (Lipinski definition) is 0. The van der Waals surface area contributed by atoms with E-state index in [1.165, 1.54) is 12.8 Å². The van der Waals surface area contributed by atoms with Crippen molar-refractivity contribution in [2.45, 2.75) is 40.5 Å². The van der Waals surface area contributed by atoms with E-state index in [9.17, 15) is 0 Å². The van der Waals surface area contributed by atoms with E-state index < -0.39 is 0 Å². The monoisotopic (exact) mass is 152 g/mol. The molecule has 2 rings (SSSR count). The lowest BCUT2D eigenvalue weighted by molar-refractivity contribution is -0.220. The van der Waals surface area contributed by atoms with E-state index >= 15 is 0 Å². The van der Waals surface area contributed by atoms with Gasteiger partial charge in [0.1, 0.15) is 0 Å². The molecule has 2 saturated carbocycles. The van der Waals surface area contributed by atoms with Crippen molar-refractivity contribution in [1.82, 2.24) is 0 Å². The van der Waals surface area contributed by atoms with Crippen LogP contribution in [0.3, 0.4) is 0 Å². The van der Waals surface area contributed by atoms with Gasteiger partial charge in [-0.05, 0) is 35.5 Å². The molecule has 0 N–H and O–H groups in total. The molecule has 0 radical (unpaired) electrons. The van der Waals surface area contributed by atoms with E-state index in [2.05, 4.69) is 27.7 Å². The van der Waals surface area contributed by atoms with Gasteiger partial charge in [0.15, 0.2) is 0 Å². The number of hydrogen-bond donors (Lipinski definition) is 0.